The molecule has 0 bridgehead atoms. The summed E-state index contributed by atoms with van der Waals surface area (Å²) in [5.74, 6) is 0.900. The first kappa shape index (κ1) is 18.2. The largest absolute Gasteiger partial charge is 0.496 e. The van der Waals surface area contributed by atoms with Gasteiger partial charge >= 0.3 is 0 Å². The number of rotatable bonds is 4. The number of para-hydroxylation sites is 1. The smallest absolute Gasteiger partial charge is 0.232 e. The van der Waals surface area contributed by atoms with Crippen molar-refractivity contribution in [2.75, 3.05) is 33.3 Å². The first-order valence-corrected chi connectivity index (χ1v) is 9.30. The number of piperazine rings is 1. The van der Waals surface area contributed by atoms with E-state index in [1.54, 1.807) is 7.11 Å². The van der Waals surface area contributed by atoms with E-state index in [2.05, 4.69) is 4.90 Å². The van der Waals surface area contributed by atoms with Crippen molar-refractivity contribution >= 4 is 5.91 Å². The Bertz CT molecular complexity index is 609. The lowest BCUT2D eigenvalue weighted by molar-refractivity contribution is -0.138. The number of methoxy groups -OCH3 is 1. The number of hydrogen-bond donors (Lipinski definition) is 1. The molecule has 1 saturated carbocycles. The van der Waals surface area contributed by atoms with Crippen LogP contribution in [0.2, 0.25) is 0 Å². The highest BCUT2D eigenvalue weighted by molar-refractivity contribution is 5.88. The fraction of sp³-hybridized carbons (Fsp3) is 0.650. The molecule has 1 heterocycles. The van der Waals surface area contributed by atoms with Crippen molar-refractivity contribution < 1.29 is 14.6 Å². The molecule has 1 saturated heterocycles. The van der Waals surface area contributed by atoms with Gasteiger partial charge in [0, 0.05) is 37.8 Å². The Hall–Kier alpha value is -1.59. The van der Waals surface area contributed by atoms with Gasteiger partial charge in [-0.05, 0) is 39.2 Å². The molecule has 0 radical (unpaired) electrons. The first-order valence-electron chi connectivity index (χ1n) is 9.30. The number of ether oxygens (including phenoxy) is 1. The number of amides is 1. The van der Waals surface area contributed by atoms with Crippen molar-refractivity contribution in [1.82, 2.24) is 9.80 Å². The highest BCUT2D eigenvalue weighted by Gasteiger charge is 2.39. The van der Waals surface area contributed by atoms with Gasteiger partial charge < -0.3 is 14.7 Å². The number of aliphatic hydroxyl groups excluding tert-OH is 1. The fourth-order valence-corrected chi connectivity index (χ4v) is 4.27. The lowest BCUT2D eigenvalue weighted by Gasteiger charge is -2.41. The summed E-state index contributed by atoms with van der Waals surface area (Å²) in [5, 5.41) is 10.1. The van der Waals surface area contributed by atoms with Crippen LogP contribution >= 0.6 is 0 Å². The maximum atomic E-state index is 13.2. The number of carbonyl (C=O) groups is 1. The van der Waals surface area contributed by atoms with Crippen LogP contribution in [0.25, 0.3) is 0 Å². The van der Waals surface area contributed by atoms with E-state index < -0.39 is 5.41 Å². The molecule has 1 amide bonds. The molecule has 1 aliphatic heterocycles. The second kappa shape index (κ2) is 7.34. The Balaban J connectivity index is 1.67. The molecular formula is C20H30N2O3. The third-order valence-corrected chi connectivity index (χ3v) is 5.83. The molecule has 3 rings (SSSR count). The van der Waals surface area contributed by atoms with Gasteiger partial charge in [-0.25, -0.2) is 0 Å². The molecule has 1 aromatic carbocycles. The van der Waals surface area contributed by atoms with Crippen LogP contribution in [0.15, 0.2) is 24.3 Å². The Kier molecular flexibility index (Phi) is 5.35. The van der Waals surface area contributed by atoms with Crippen molar-refractivity contribution in [3.63, 3.8) is 0 Å². The van der Waals surface area contributed by atoms with Crippen LogP contribution in [-0.4, -0.2) is 66.2 Å². The minimum Gasteiger partial charge on any atom is -0.496 e. The summed E-state index contributed by atoms with van der Waals surface area (Å²) in [6, 6.07) is 8.03. The molecule has 2 fully saturated rings. The molecule has 0 unspecified atom stereocenters. The van der Waals surface area contributed by atoms with Crippen LogP contribution in [0.4, 0.5) is 0 Å². The van der Waals surface area contributed by atoms with Gasteiger partial charge in [0.25, 0.3) is 0 Å². The zero-order chi connectivity index (χ0) is 18.0. The number of benzene rings is 1. The Morgan fingerprint density at radius 1 is 1.16 bits per heavy atom. The highest BCUT2D eigenvalue weighted by atomic mass is 16.5. The monoisotopic (exact) mass is 346 g/mol. The van der Waals surface area contributed by atoms with Crippen LogP contribution in [0.3, 0.4) is 0 Å². The second-order valence-electron chi connectivity index (χ2n) is 7.72. The third-order valence-electron chi connectivity index (χ3n) is 5.83. The summed E-state index contributed by atoms with van der Waals surface area (Å²) >= 11 is 0. The lowest BCUT2D eigenvalue weighted by atomic mass is 9.82. The summed E-state index contributed by atoms with van der Waals surface area (Å²) < 4.78 is 5.46. The summed E-state index contributed by atoms with van der Waals surface area (Å²) in [6.45, 7) is 7.08. The van der Waals surface area contributed by atoms with Gasteiger partial charge in [-0.1, -0.05) is 18.2 Å². The van der Waals surface area contributed by atoms with Gasteiger partial charge in [0.1, 0.15) is 5.75 Å². The molecule has 2 aliphatic rings. The molecule has 1 aromatic rings. The number of carbonyl (C=O) groups excluding carboxylic acids is 1. The van der Waals surface area contributed by atoms with E-state index in [0.717, 1.165) is 56.8 Å². The van der Waals surface area contributed by atoms with Crippen molar-refractivity contribution in [2.24, 2.45) is 0 Å². The van der Waals surface area contributed by atoms with E-state index in [0.29, 0.717) is 0 Å². The van der Waals surface area contributed by atoms with Gasteiger partial charge in [0.05, 0.1) is 18.6 Å². The number of nitrogens with zero attached hydrogens (tertiary/aromatic N) is 2. The summed E-state index contributed by atoms with van der Waals surface area (Å²) in [5.41, 5.74) is 0.304. The van der Waals surface area contributed by atoms with Gasteiger partial charge in [0.15, 0.2) is 0 Å². The molecule has 0 spiro atoms. The Morgan fingerprint density at radius 2 is 1.84 bits per heavy atom. The van der Waals surface area contributed by atoms with E-state index in [1.807, 2.05) is 43.0 Å². The molecule has 1 N–H and O–H groups in total. The minimum absolute atomic E-state index is 0.142. The van der Waals surface area contributed by atoms with E-state index in [-0.39, 0.29) is 18.1 Å². The standard InChI is InChI=1S/C20H30N2O3/c1-20(2,15-7-4-5-10-18(15)25-3)19(24)22-13-11-21(12-14-22)16-8-6-9-17(16)23/h4-5,7,10,16-17,23H,6,8-9,11-14H2,1-3H3/t16-,17+/m1/s1. The van der Waals surface area contributed by atoms with E-state index in [9.17, 15) is 9.90 Å². The minimum atomic E-state index is -0.623. The molecule has 1 aliphatic carbocycles. The summed E-state index contributed by atoms with van der Waals surface area (Å²) in [7, 11) is 1.64. The molecule has 5 heteroatoms. The highest BCUT2D eigenvalue weighted by Crippen LogP contribution is 2.33. The normalized spacial score (nSPS) is 25.2. The van der Waals surface area contributed by atoms with Gasteiger partial charge in [-0.3, -0.25) is 9.69 Å². The Morgan fingerprint density at radius 3 is 2.44 bits per heavy atom. The SMILES string of the molecule is COc1ccccc1C(C)(C)C(=O)N1CCN([C@@H]2CCC[C@@H]2O)CC1. The van der Waals surface area contributed by atoms with Crippen LogP contribution < -0.4 is 4.74 Å². The zero-order valence-corrected chi connectivity index (χ0v) is 15.6. The van der Waals surface area contributed by atoms with Gasteiger partial charge in [-0.2, -0.15) is 0 Å². The summed E-state index contributed by atoms with van der Waals surface area (Å²) in [6.07, 6.45) is 2.88. The average molecular weight is 346 g/mol. The van der Waals surface area contributed by atoms with Crippen molar-refractivity contribution in [1.29, 1.82) is 0 Å². The zero-order valence-electron chi connectivity index (χ0n) is 15.6. The quantitative estimate of drug-likeness (QED) is 0.906. The van der Waals surface area contributed by atoms with Gasteiger partial charge in [0.2, 0.25) is 5.91 Å². The van der Waals surface area contributed by atoms with Crippen LogP contribution in [0.5, 0.6) is 5.75 Å². The predicted octanol–water partition coefficient (Wildman–Crippen LogP) is 2.03. The number of hydrogen-bond acceptors (Lipinski definition) is 4. The van der Waals surface area contributed by atoms with Crippen molar-refractivity contribution in [3.8, 4) is 5.75 Å². The van der Waals surface area contributed by atoms with Gasteiger partial charge in [-0.15, -0.1) is 0 Å². The van der Waals surface area contributed by atoms with E-state index >= 15 is 0 Å². The summed E-state index contributed by atoms with van der Waals surface area (Å²) in [4.78, 5) is 17.5. The molecular weight excluding hydrogens is 316 g/mol. The van der Waals surface area contributed by atoms with Crippen LogP contribution in [-0.2, 0) is 10.2 Å². The molecule has 138 valence electrons. The topological polar surface area (TPSA) is 53.0 Å². The molecule has 2 atom stereocenters. The molecule has 5 nitrogen and oxygen atoms in total. The van der Waals surface area contributed by atoms with Crippen LogP contribution in [0.1, 0.15) is 38.7 Å². The lowest BCUT2D eigenvalue weighted by Crippen LogP contribution is -2.56. The maximum Gasteiger partial charge on any atom is 0.232 e. The Labute approximate surface area is 150 Å². The molecule has 25 heavy (non-hydrogen) atoms. The van der Waals surface area contributed by atoms with E-state index in [1.165, 1.54) is 0 Å². The first-order chi connectivity index (χ1) is 11.9. The molecule has 0 aromatic heterocycles. The maximum absolute atomic E-state index is 13.2. The fourth-order valence-electron chi connectivity index (χ4n) is 4.27. The second-order valence-corrected chi connectivity index (χ2v) is 7.72. The number of aliphatic hydroxyl groups is 1. The van der Waals surface area contributed by atoms with Crippen molar-refractivity contribution in [2.45, 2.75) is 50.7 Å². The third kappa shape index (κ3) is 3.53. The van der Waals surface area contributed by atoms with E-state index in [4.69, 9.17) is 4.74 Å². The van der Waals surface area contributed by atoms with Crippen LogP contribution in [0, 0.1) is 0 Å². The predicted molar refractivity (Wildman–Crippen MR) is 97.8 cm³/mol. The van der Waals surface area contributed by atoms with Crippen molar-refractivity contribution in [3.05, 3.63) is 29.8 Å². The average Bonchev–Trinajstić information content (AvgIpc) is 3.07.